The first-order valence-corrected chi connectivity index (χ1v) is 11.1. The average Bonchev–Trinajstić information content (AvgIpc) is 3.15. The summed E-state index contributed by atoms with van der Waals surface area (Å²) in [6, 6.07) is 9.47. The van der Waals surface area contributed by atoms with E-state index in [4.69, 9.17) is 14.5 Å². The second kappa shape index (κ2) is 9.46. The summed E-state index contributed by atoms with van der Waals surface area (Å²) in [5, 5.41) is 2.97. The Labute approximate surface area is 188 Å². The number of anilines is 1. The van der Waals surface area contributed by atoms with Crippen LogP contribution in [-0.4, -0.2) is 52.8 Å². The second-order valence-corrected chi connectivity index (χ2v) is 8.59. The lowest BCUT2D eigenvalue weighted by Crippen LogP contribution is -2.41. The number of nitrogens with one attached hydrogen (secondary N) is 1. The number of fused-ring (bicyclic) bond motifs is 1. The Morgan fingerprint density at radius 1 is 1.16 bits per heavy atom. The number of aromatic nitrogens is 3. The quantitative estimate of drug-likeness (QED) is 0.613. The molecular formula is C24H31N5O3. The van der Waals surface area contributed by atoms with Gasteiger partial charge in [-0.25, -0.2) is 14.8 Å². The van der Waals surface area contributed by atoms with E-state index in [2.05, 4.69) is 28.7 Å². The zero-order valence-corrected chi connectivity index (χ0v) is 19.2. The van der Waals surface area contributed by atoms with Gasteiger partial charge >= 0.3 is 6.03 Å². The van der Waals surface area contributed by atoms with Crippen molar-refractivity contribution in [1.82, 2.24) is 19.4 Å². The van der Waals surface area contributed by atoms with Crippen LogP contribution in [0.4, 0.5) is 10.5 Å². The number of urea groups is 1. The van der Waals surface area contributed by atoms with Crippen LogP contribution in [0.5, 0.6) is 11.5 Å². The third-order valence-corrected chi connectivity index (χ3v) is 5.83. The van der Waals surface area contributed by atoms with E-state index in [9.17, 15) is 4.79 Å². The number of ether oxygens (including phenoxy) is 2. The molecule has 1 aromatic carbocycles. The lowest BCUT2D eigenvalue weighted by Gasteiger charge is -2.33. The van der Waals surface area contributed by atoms with Gasteiger partial charge in [0.25, 0.3) is 0 Å². The fourth-order valence-electron chi connectivity index (χ4n) is 4.28. The van der Waals surface area contributed by atoms with Crippen LogP contribution in [0.3, 0.4) is 0 Å². The molecule has 3 aromatic rings. The summed E-state index contributed by atoms with van der Waals surface area (Å²) in [5.41, 5.74) is 2.53. The highest BCUT2D eigenvalue weighted by Crippen LogP contribution is 2.30. The molecule has 0 spiro atoms. The lowest BCUT2D eigenvalue weighted by atomic mass is 10.0. The van der Waals surface area contributed by atoms with Crippen LogP contribution in [0.1, 0.15) is 38.6 Å². The summed E-state index contributed by atoms with van der Waals surface area (Å²) < 4.78 is 12.9. The van der Waals surface area contributed by atoms with Crippen LogP contribution in [0.15, 0.2) is 36.5 Å². The predicted octanol–water partition coefficient (Wildman–Crippen LogP) is 4.52. The number of pyridine rings is 1. The number of piperidine rings is 1. The number of carbonyl (C=O) groups is 1. The molecule has 0 atom stereocenters. The maximum atomic E-state index is 12.9. The largest absolute Gasteiger partial charge is 0.497 e. The van der Waals surface area contributed by atoms with Gasteiger partial charge in [0.2, 0.25) is 0 Å². The molecule has 8 heteroatoms. The van der Waals surface area contributed by atoms with Gasteiger partial charge in [-0.2, -0.15) is 0 Å². The minimum Gasteiger partial charge on any atom is -0.497 e. The highest BCUT2D eigenvalue weighted by molar-refractivity contribution is 5.90. The highest BCUT2D eigenvalue weighted by Gasteiger charge is 2.27. The van der Waals surface area contributed by atoms with Crippen LogP contribution in [0.25, 0.3) is 11.2 Å². The molecule has 8 nitrogen and oxygen atoms in total. The zero-order chi connectivity index (χ0) is 22.7. The molecule has 0 saturated carbocycles. The first kappa shape index (κ1) is 21.9. The summed E-state index contributed by atoms with van der Waals surface area (Å²) in [6.07, 6.45) is 4.46. The monoisotopic (exact) mass is 437 g/mol. The highest BCUT2D eigenvalue weighted by atomic mass is 16.5. The van der Waals surface area contributed by atoms with E-state index in [0.717, 1.165) is 36.3 Å². The number of hydrogen-bond donors (Lipinski definition) is 1. The summed E-state index contributed by atoms with van der Waals surface area (Å²) in [4.78, 5) is 24.2. The van der Waals surface area contributed by atoms with E-state index < -0.39 is 0 Å². The van der Waals surface area contributed by atoms with E-state index >= 15 is 0 Å². The van der Waals surface area contributed by atoms with Crippen LogP contribution in [0, 0.1) is 5.92 Å². The van der Waals surface area contributed by atoms with Crippen molar-refractivity contribution in [3.05, 3.63) is 42.4 Å². The molecule has 0 bridgehead atoms. The first-order valence-electron chi connectivity index (χ1n) is 11.1. The molecule has 2 amide bonds. The topological polar surface area (TPSA) is 81.5 Å². The molecule has 0 aliphatic carbocycles. The van der Waals surface area contributed by atoms with E-state index in [-0.39, 0.29) is 12.1 Å². The second-order valence-electron chi connectivity index (χ2n) is 8.59. The van der Waals surface area contributed by atoms with E-state index in [1.165, 1.54) is 0 Å². The predicted molar refractivity (Wildman–Crippen MR) is 124 cm³/mol. The van der Waals surface area contributed by atoms with Crippen LogP contribution in [0.2, 0.25) is 0 Å². The Morgan fingerprint density at radius 2 is 1.84 bits per heavy atom. The molecule has 0 radical (unpaired) electrons. The van der Waals surface area contributed by atoms with Gasteiger partial charge in [-0.15, -0.1) is 0 Å². The van der Waals surface area contributed by atoms with Crippen LogP contribution in [-0.2, 0) is 6.42 Å². The molecule has 1 aliphatic heterocycles. The van der Waals surface area contributed by atoms with Crippen molar-refractivity contribution in [2.24, 2.45) is 5.92 Å². The zero-order valence-electron chi connectivity index (χ0n) is 19.2. The molecule has 1 fully saturated rings. The molecule has 1 saturated heterocycles. The van der Waals surface area contributed by atoms with Crippen molar-refractivity contribution < 1.29 is 14.3 Å². The van der Waals surface area contributed by atoms with Gasteiger partial charge in [-0.3, -0.25) is 0 Å². The minimum absolute atomic E-state index is 0.116. The number of methoxy groups -OCH3 is 2. The normalized spacial score (nSPS) is 14.7. The van der Waals surface area contributed by atoms with Gasteiger partial charge in [0.05, 0.1) is 14.2 Å². The molecule has 1 aliphatic rings. The maximum absolute atomic E-state index is 12.9. The maximum Gasteiger partial charge on any atom is 0.321 e. The van der Waals surface area contributed by atoms with Gasteiger partial charge in [0.1, 0.15) is 22.8 Å². The molecule has 1 N–H and O–H groups in total. The average molecular weight is 438 g/mol. The summed E-state index contributed by atoms with van der Waals surface area (Å²) >= 11 is 0. The number of rotatable bonds is 6. The van der Waals surface area contributed by atoms with Crippen molar-refractivity contribution in [3.63, 3.8) is 0 Å². The van der Waals surface area contributed by atoms with Gasteiger partial charge in [-0.05, 0) is 30.9 Å². The molecule has 32 heavy (non-hydrogen) atoms. The van der Waals surface area contributed by atoms with Crippen LogP contribution >= 0.6 is 0 Å². The number of nitrogens with zero attached hydrogens (tertiary/aromatic N) is 4. The van der Waals surface area contributed by atoms with E-state index in [1.807, 2.05) is 23.2 Å². The third kappa shape index (κ3) is 4.64. The Kier molecular flexibility index (Phi) is 6.48. The van der Waals surface area contributed by atoms with Crippen molar-refractivity contribution in [2.75, 3.05) is 32.6 Å². The van der Waals surface area contributed by atoms with Crippen molar-refractivity contribution in [2.45, 2.75) is 39.2 Å². The van der Waals surface area contributed by atoms with Gasteiger partial charge in [0, 0.05) is 55.6 Å². The first-order chi connectivity index (χ1) is 15.5. The fourth-order valence-corrected chi connectivity index (χ4v) is 4.28. The Hall–Kier alpha value is -3.29. The van der Waals surface area contributed by atoms with Gasteiger partial charge in [-0.1, -0.05) is 13.8 Å². The third-order valence-electron chi connectivity index (χ3n) is 5.83. The molecule has 4 rings (SSSR count). The van der Waals surface area contributed by atoms with Crippen molar-refractivity contribution >= 4 is 22.9 Å². The fraction of sp³-hybridized carbons (Fsp3) is 0.458. The smallest absolute Gasteiger partial charge is 0.321 e. The molecular weight excluding hydrogens is 406 g/mol. The van der Waals surface area contributed by atoms with E-state index in [0.29, 0.717) is 36.2 Å². The van der Waals surface area contributed by atoms with Crippen LogP contribution < -0.4 is 14.8 Å². The Morgan fingerprint density at radius 3 is 2.47 bits per heavy atom. The SMILES string of the molecule is COc1cc(NC(=O)N2CCC(n3c(CC(C)C)nc4cccnc43)CC2)cc(OC)c1. The summed E-state index contributed by atoms with van der Waals surface area (Å²) in [5.74, 6) is 2.86. The number of hydrogen-bond acceptors (Lipinski definition) is 5. The van der Waals surface area contributed by atoms with Gasteiger partial charge < -0.3 is 24.3 Å². The number of benzene rings is 1. The summed E-state index contributed by atoms with van der Waals surface area (Å²) in [7, 11) is 3.18. The van der Waals surface area contributed by atoms with Gasteiger partial charge in [0.15, 0.2) is 5.65 Å². The Bertz CT molecular complexity index is 1060. The number of likely N-dealkylation sites (tertiary alicyclic amines) is 1. The molecule has 170 valence electrons. The standard InChI is InChI=1S/C24H31N5O3/c1-16(2)12-22-27-21-6-5-9-25-23(21)29(22)18-7-10-28(11-8-18)24(30)26-17-13-19(31-3)15-20(14-17)32-4/h5-6,9,13-16,18H,7-8,10-12H2,1-4H3,(H,26,30). The molecule has 3 heterocycles. The van der Waals surface area contributed by atoms with E-state index in [1.54, 1.807) is 32.4 Å². The van der Waals surface area contributed by atoms with Crippen molar-refractivity contribution in [3.8, 4) is 11.5 Å². The number of amides is 2. The number of imidazole rings is 1. The van der Waals surface area contributed by atoms with Crippen molar-refractivity contribution in [1.29, 1.82) is 0 Å². The molecule has 0 unspecified atom stereocenters. The summed E-state index contributed by atoms with van der Waals surface area (Å²) in [6.45, 7) is 5.76. The number of carbonyl (C=O) groups excluding carboxylic acids is 1. The molecule has 2 aromatic heterocycles. The minimum atomic E-state index is -0.116. The Balaban J connectivity index is 1.46. The lowest BCUT2D eigenvalue weighted by molar-refractivity contribution is 0.183.